The van der Waals surface area contributed by atoms with Crippen LogP contribution in [-0.4, -0.2) is 16.6 Å². The number of aryl methyl sites for hydroxylation is 1. The first-order chi connectivity index (χ1) is 17.5. The summed E-state index contributed by atoms with van der Waals surface area (Å²) in [4.78, 5) is 2.70. The van der Waals surface area contributed by atoms with Crippen LogP contribution in [-0.2, 0) is 5.41 Å². The first-order valence-corrected chi connectivity index (χ1v) is 16.3. The lowest BCUT2D eigenvalue weighted by molar-refractivity contribution is 0.0645. The molecular weight excluding hydrogens is 489 g/mol. The van der Waals surface area contributed by atoms with Gasteiger partial charge in [-0.1, -0.05) is 70.7 Å². The molecule has 2 fully saturated rings. The first-order valence-electron chi connectivity index (χ1n) is 14.2. The van der Waals surface area contributed by atoms with E-state index < -0.39 is 0 Å². The van der Waals surface area contributed by atoms with Crippen molar-refractivity contribution in [1.82, 2.24) is 0 Å². The normalized spacial score (nSPS) is 21.8. The van der Waals surface area contributed by atoms with E-state index in [1.165, 1.54) is 81.5 Å². The average molecular weight is 531 g/mol. The Morgan fingerprint density at radius 3 is 2.14 bits per heavy atom. The Morgan fingerprint density at radius 2 is 1.46 bits per heavy atom. The molecule has 0 atom stereocenters. The highest BCUT2D eigenvalue weighted by molar-refractivity contribution is 8.02. The van der Waals surface area contributed by atoms with Gasteiger partial charge in [-0.25, -0.2) is 0 Å². The minimum absolute atomic E-state index is 0.0531. The molecule has 0 saturated heterocycles. The lowest BCUT2D eigenvalue weighted by Crippen LogP contribution is -2.43. The van der Waals surface area contributed by atoms with E-state index in [9.17, 15) is 5.11 Å². The number of hydrogen-bond acceptors (Lipinski definition) is 3. The second kappa shape index (κ2) is 8.98. The van der Waals surface area contributed by atoms with E-state index in [0.717, 1.165) is 18.2 Å². The van der Waals surface area contributed by atoms with Gasteiger partial charge in [0.2, 0.25) is 0 Å². The number of rotatable bonds is 3. The lowest BCUT2D eigenvalue weighted by atomic mass is 9.52. The molecule has 6 rings (SSSR count). The van der Waals surface area contributed by atoms with E-state index in [2.05, 4.69) is 89.0 Å². The third-order valence-corrected chi connectivity index (χ3v) is 11.5. The summed E-state index contributed by atoms with van der Waals surface area (Å²) < 4.78 is 0. The van der Waals surface area contributed by atoms with Crippen LogP contribution in [0.3, 0.4) is 0 Å². The molecule has 0 aliphatic heterocycles. The standard InChI is InChI=1S/C34H42OS2/c1-21-12-13-23-26(14-21)34(19-32(2,3)18-33(4,5)20-34)27-17-28(35)24-15-29(36-6)30(16-25(24)31(23)27)37-22-10-8-7-9-11-22/h12-17,22,35H,7-11,18-20H2,1-6H3. The number of phenolic OH excluding ortho intramolecular Hbond substituents is 1. The molecule has 0 radical (unpaired) electrons. The van der Waals surface area contributed by atoms with Gasteiger partial charge in [-0.05, 0) is 102 Å². The smallest absolute Gasteiger partial charge is 0.123 e. The number of hydrogen-bond donors (Lipinski definition) is 1. The van der Waals surface area contributed by atoms with Crippen molar-refractivity contribution in [3.05, 3.63) is 53.1 Å². The van der Waals surface area contributed by atoms with Gasteiger partial charge in [0, 0.05) is 25.8 Å². The molecule has 3 aromatic rings. The van der Waals surface area contributed by atoms with Crippen molar-refractivity contribution in [3.63, 3.8) is 0 Å². The zero-order chi connectivity index (χ0) is 26.2. The summed E-state index contributed by atoms with van der Waals surface area (Å²) in [6.45, 7) is 12.0. The van der Waals surface area contributed by atoms with Gasteiger partial charge in [0.15, 0.2) is 0 Å². The summed E-state index contributed by atoms with van der Waals surface area (Å²) in [7, 11) is 0. The van der Waals surface area contributed by atoms with Crippen LogP contribution in [0.1, 0.15) is 95.8 Å². The fourth-order valence-electron chi connectivity index (χ4n) is 8.61. The van der Waals surface area contributed by atoms with Crippen LogP contribution in [0.4, 0.5) is 0 Å². The number of aromatic hydroxyl groups is 1. The number of benzene rings is 3. The highest BCUT2D eigenvalue weighted by Crippen LogP contribution is 2.65. The molecule has 1 nitrogen and oxygen atoms in total. The van der Waals surface area contributed by atoms with Crippen LogP contribution in [0.15, 0.2) is 46.2 Å². The van der Waals surface area contributed by atoms with E-state index in [-0.39, 0.29) is 16.2 Å². The maximum atomic E-state index is 11.6. The van der Waals surface area contributed by atoms with Crippen molar-refractivity contribution >= 4 is 34.3 Å². The SMILES string of the molecule is CSc1cc2c(O)cc3c(c2cc1SC1CCCCC1)-c1ccc(C)cc1C31CC(C)(C)CC(C)(C)C1. The molecule has 196 valence electrons. The Labute approximate surface area is 232 Å². The topological polar surface area (TPSA) is 20.2 Å². The van der Waals surface area contributed by atoms with Crippen molar-refractivity contribution in [2.45, 2.75) is 106 Å². The first kappa shape index (κ1) is 25.7. The summed E-state index contributed by atoms with van der Waals surface area (Å²) in [5.41, 5.74) is 7.38. The molecule has 0 unspecified atom stereocenters. The van der Waals surface area contributed by atoms with Crippen LogP contribution in [0.25, 0.3) is 21.9 Å². The summed E-state index contributed by atoms with van der Waals surface area (Å²) in [5, 5.41) is 14.5. The lowest BCUT2D eigenvalue weighted by Gasteiger charge is -2.51. The predicted octanol–water partition coefficient (Wildman–Crippen LogP) is 10.5. The third kappa shape index (κ3) is 4.33. The van der Waals surface area contributed by atoms with E-state index >= 15 is 0 Å². The molecular formula is C34H42OS2. The fourth-order valence-corrected chi connectivity index (χ4v) is 10.8. The summed E-state index contributed by atoms with van der Waals surface area (Å²) in [5.74, 6) is 0.448. The number of phenols is 1. The molecule has 0 bridgehead atoms. The molecule has 3 aliphatic rings. The fraction of sp³-hybridized carbons (Fsp3) is 0.529. The van der Waals surface area contributed by atoms with Gasteiger partial charge in [0.1, 0.15) is 5.75 Å². The average Bonchev–Trinajstić information content (AvgIpc) is 3.05. The van der Waals surface area contributed by atoms with Crippen molar-refractivity contribution in [1.29, 1.82) is 0 Å². The second-order valence-corrected chi connectivity index (χ2v) is 15.9. The predicted molar refractivity (Wildman–Crippen MR) is 162 cm³/mol. The van der Waals surface area contributed by atoms with Crippen LogP contribution in [0.2, 0.25) is 0 Å². The minimum Gasteiger partial charge on any atom is -0.507 e. The highest BCUT2D eigenvalue weighted by Gasteiger charge is 2.53. The maximum absolute atomic E-state index is 11.6. The highest BCUT2D eigenvalue weighted by atomic mass is 32.2. The third-order valence-electron chi connectivity index (χ3n) is 9.24. The molecule has 1 spiro atoms. The van der Waals surface area contributed by atoms with E-state index in [4.69, 9.17) is 0 Å². The van der Waals surface area contributed by atoms with Crippen molar-refractivity contribution in [2.24, 2.45) is 10.8 Å². The van der Waals surface area contributed by atoms with Gasteiger partial charge in [-0.2, -0.15) is 0 Å². The van der Waals surface area contributed by atoms with Crippen molar-refractivity contribution < 1.29 is 5.11 Å². The molecule has 37 heavy (non-hydrogen) atoms. The van der Waals surface area contributed by atoms with Gasteiger partial charge in [-0.15, -0.1) is 23.5 Å². The Hall–Kier alpha value is -1.58. The van der Waals surface area contributed by atoms with E-state index in [1.54, 1.807) is 0 Å². The Bertz CT molecular complexity index is 1360. The number of fused-ring (bicyclic) bond motifs is 7. The van der Waals surface area contributed by atoms with Gasteiger partial charge < -0.3 is 5.11 Å². The van der Waals surface area contributed by atoms with E-state index in [0.29, 0.717) is 11.0 Å². The summed E-state index contributed by atoms with van der Waals surface area (Å²) in [6.07, 6.45) is 12.4. The largest absolute Gasteiger partial charge is 0.507 e. The quantitative estimate of drug-likeness (QED) is 0.340. The van der Waals surface area contributed by atoms with Gasteiger partial charge >= 0.3 is 0 Å². The Balaban J connectivity index is 1.62. The van der Waals surface area contributed by atoms with E-state index in [1.807, 2.05) is 11.8 Å². The summed E-state index contributed by atoms with van der Waals surface area (Å²) >= 11 is 3.91. The molecule has 2 saturated carbocycles. The van der Waals surface area contributed by atoms with Crippen molar-refractivity contribution in [3.8, 4) is 16.9 Å². The van der Waals surface area contributed by atoms with Gasteiger partial charge in [0.05, 0.1) is 0 Å². The van der Waals surface area contributed by atoms with Crippen LogP contribution in [0, 0.1) is 17.8 Å². The Morgan fingerprint density at radius 1 is 0.784 bits per heavy atom. The molecule has 0 heterocycles. The number of thioether (sulfide) groups is 2. The minimum atomic E-state index is -0.0531. The molecule has 0 aromatic heterocycles. The van der Waals surface area contributed by atoms with Gasteiger partial charge in [0.25, 0.3) is 0 Å². The van der Waals surface area contributed by atoms with Gasteiger partial charge in [-0.3, -0.25) is 0 Å². The zero-order valence-electron chi connectivity index (χ0n) is 23.5. The van der Waals surface area contributed by atoms with Crippen LogP contribution < -0.4 is 0 Å². The van der Waals surface area contributed by atoms with Crippen LogP contribution in [0.5, 0.6) is 5.75 Å². The summed E-state index contributed by atoms with van der Waals surface area (Å²) in [6, 6.07) is 14.0. The maximum Gasteiger partial charge on any atom is 0.123 e. The zero-order valence-corrected chi connectivity index (χ0v) is 25.1. The molecule has 1 N–H and O–H groups in total. The van der Waals surface area contributed by atoms with Crippen LogP contribution >= 0.6 is 23.5 Å². The molecule has 3 aromatic carbocycles. The molecule has 0 amide bonds. The Kier molecular flexibility index (Phi) is 6.24. The molecule has 3 aliphatic carbocycles. The second-order valence-electron chi connectivity index (χ2n) is 13.7. The van der Waals surface area contributed by atoms with Crippen molar-refractivity contribution in [2.75, 3.05) is 6.26 Å². The monoisotopic (exact) mass is 530 g/mol. The molecule has 3 heteroatoms.